The molecule has 7 nitrogen and oxygen atoms in total. The number of aromatic nitrogens is 4. The summed E-state index contributed by atoms with van der Waals surface area (Å²) in [5, 5.41) is 15.1. The predicted octanol–water partition coefficient (Wildman–Crippen LogP) is 0.693. The Bertz CT molecular complexity index is 674. The van der Waals surface area contributed by atoms with Gasteiger partial charge in [0.05, 0.1) is 17.9 Å². The predicted molar refractivity (Wildman–Crippen MR) is 83.7 cm³/mol. The van der Waals surface area contributed by atoms with Gasteiger partial charge in [-0.3, -0.25) is 9.58 Å². The van der Waals surface area contributed by atoms with E-state index >= 15 is 0 Å². The highest BCUT2D eigenvalue weighted by Crippen LogP contribution is 2.25. The van der Waals surface area contributed by atoms with E-state index in [1.165, 1.54) is 5.69 Å². The van der Waals surface area contributed by atoms with Crippen LogP contribution in [0.3, 0.4) is 0 Å². The zero-order chi connectivity index (χ0) is 15.8. The summed E-state index contributed by atoms with van der Waals surface area (Å²) in [5.74, 6) is 0.627. The number of rotatable bonds is 3. The maximum atomic E-state index is 10.5. The first-order chi connectivity index (χ1) is 11.2. The summed E-state index contributed by atoms with van der Waals surface area (Å²) in [7, 11) is 1.88. The minimum Gasteiger partial charge on any atom is -0.381 e. The Morgan fingerprint density at radius 1 is 1.30 bits per heavy atom. The Kier molecular flexibility index (Phi) is 3.92. The first-order valence-electron chi connectivity index (χ1n) is 8.26. The standard InChI is InChI=1S/C16H23N5O2/c1-19-5-4-17-16(19)15(22)14-10-13-11-20(6-7-21(13)18-14)12-2-8-23-9-3-12/h4-5,10,12,15,22H,2-3,6-9,11H2,1H3/t15-/m1/s1. The molecule has 2 aromatic heterocycles. The number of hydrogen-bond donors (Lipinski definition) is 1. The lowest BCUT2D eigenvalue weighted by Crippen LogP contribution is -2.43. The van der Waals surface area contributed by atoms with Crippen molar-refractivity contribution in [2.45, 2.75) is 38.1 Å². The van der Waals surface area contributed by atoms with Crippen LogP contribution in [0.4, 0.5) is 0 Å². The molecule has 0 unspecified atom stereocenters. The molecule has 2 aliphatic heterocycles. The Balaban J connectivity index is 1.52. The molecule has 4 heterocycles. The maximum absolute atomic E-state index is 10.5. The molecule has 2 aromatic rings. The summed E-state index contributed by atoms with van der Waals surface area (Å²) >= 11 is 0. The molecule has 7 heteroatoms. The second-order valence-corrected chi connectivity index (χ2v) is 6.40. The van der Waals surface area contributed by atoms with Crippen LogP contribution < -0.4 is 0 Å². The molecule has 1 atom stereocenters. The van der Waals surface area contributed by atoms with Crippen LogP contribution in [0.25, 0.3) is 0 Å². The molecule has 0 spiro atoms. The molecular formula is C16H23N5O2. The van der Waals surface area contributed by atoms with Crippen LogP contribution in [0.1, 0.15) is 36.2 Å². The fraction of sp³-hybridized carbons (Fsp3) is 0.625. The smallest absolute Gasteiger partial charge is 0.155 e. The van der Waals surface area contributed by atoms with Gasteiger partial charge in [-0.25, -0.2) is 4.98 Å². The van der Waals surface area contributed by atoms with Gasteiger partial charge < -0.3 is 14.4 Å². The van der Waals surface area contributed by atoms with Crippen LogP contribution in [0.2, 0.25) is 0 Å². The topological polar surface area (TPSA) is 68.3 Å². The van der Waals surface area contributed by atoms with Gasteiger partial charge in [-0.1, -0.05) is 0 Å². The highest BCUT2D eigenvalue weighted by atomic mass is 16.5. The Labute approximate surface area is 135 Å². The van der Waals surface area contributed by atoms with Crippen LogP contribution >= 0.6 is 0 Å². The lowest BCUT2D eigenvalue weighted by molar-refractivity contribution is 0.0232. The Hall–Kier alpha value is -1.70. The minimum atomic E-state index is -0.773. The van der Waals surface area contributed by atoms with E-state index in [0.29, 0.717) is 17.6 Å². The van der Waals surface area contributed by atoms with Gasteiger partial charge in [0.2, 0.25) is 0 Å². The van der Waals surface area contributed by atoms with Crippen LogP contribution in [0.15, 0.2) is 18.5 Å². The summed E-state index contributed by atoms with van der Waals surface area (Å²) in [6.45, 7) is 4.51. The fourth-order valence-corrected chi connectivity index (χ4v) is 3.58. The van der Waals surface area contributed by atoms with Gasteiger partial charge >= 0.3 is 0 Å². The van der Waals surface area contributed by atoms with Crippen LogP contribution in [-0.4, -0.2) is 55.1 Å². The zero-order valence-electron chi connectivity index (χ0n) is 13.4. The lowest BCUT2D eigenvalue weighted by atomic mass is 10.1. The second kappa shape index (κ2) is 6.07. The summed E-state index contributed by atoms with van der Waals surface area (Å²) < 4.78 is 9.32. The van der Waals surface area contributed by atoms with Crippen molar-refractivity contribution in [3.05, 3.63) is 35.7 Å². The van der Waals surface area contributed by atoms with Gasteiger partial charge in [-0.2, -0.15) is 5.10 Å². The van der Waals surface area contributed by atoms with Gasteiger partial charge in [0.15, 0.2) is 6.10 Å². The molecule has 1 saturated heterocycles. The van der Waals surface area contributed by atoms with E-state index in [4.69, 9.17) is 4.74 Å². The molecule has 23 heavy (non-hydrogen) atoms. The average molecular weight is 317 g/mol. The van der Waals surface area contributed by atoms with E-state index in [0.717, 1.165) is 45.7 Å². The van der Waals surface area contributed by atoms with Gasteiger partial charge in [0.25, 0.3) is 0 Å². The van der Waals surface area contributed by atoms with Crippen molar-refractivity contribution in [1.82, 2.24) is 24.2 Å². The van der Waals surface area contributed by atoms with E-state index in [1.54, 1.807) is 6.20 Å². The van der Waals surface area contributed by atoms with Crippen molar-refractivity contribution < 1.29 is 9.84 Å². The summed E-state index contributed by atoms with van der Waals surface area (Å²) in [6.07, 6.45) is 4.97. The van der Waals surface area contributed by atoms with Gasteiger partial charge in [-0.05, 0) is 18.9 Å². The van der Waals surface area contributed by atoms with Gasteiger partial charge in [0, 0.05) is 51.8 Å². The first-order valence-corrected chi connectivity index (χ1v) is 8.26. The van der Waals surface area contributed by atoms with Crippen molar-refractivity contribution in [2.24, 2.45) is 7.05 Å². The van der Waals surface area contributed by atoms with E-state index in [-0.39, 0.29) is 0 Å². The summed E-state index contributed by atoms with van der Waals surface area (Å²) in [4.78, 5) is 6.75. The number of nitrogens with zero attached hydrogens (tertiary/aromatic N) is 5. The molecule has 2 aliphatic rings. The number of ether oxygens (including phenoxy) is 1. The van der Waals surface area contributed by atoms with Crippen LogP contribution in [0, 0.1) is 0 Å². The van der Waals surface area contributed by atoms with Crippen molar-refractivity contribution in [2.75, 3.05) is 19.8 Å². The number of aliphatic hydroxyl groups excluding tert-OH is 1. The molecule has 1 fully saturated rings. The number of imidazole rings is 1. The molecule has 124 valence electrons. The number of aliphatic hydroxyl groups is 1. The highest BCUT2D eigenvalue weighted by molar-refractivity contribution is 5.19. The van der Waals surface area contributed by atoms with E-state index < -0.39 is 6.10 Å². The highest BCUT2D eigenvalue weighted by Gasteiger charge is 2.28. The maximum Gasteiger partial charge on any atom is 0.155 e. The lowest BCUT2D eigenvalue weighted by Gasteiger charge is -2.36. The molecule has 1 N–H and O–H groups in total. The van der Waals surface area contributed by atoms with Crippen LogP contribution in [-0.2, 0) is 24.9 Å². The first kappa shape index (κ1) is 14.9. The van der Waals surface area contributed by atoms with Gasteiger partial charge in [-0.15, -0.1) is 0 Å². The molecule has 4 rings (SSSR count). The van der Waals surface area contributed by atoms with Crippen molar-refractivity contribution in [3.8, 4) is 0 Å². The largest absolute Gasteiger partial charge is 0.381 e. The number of fused-ring (bicyclic) bond motifs is 1. The molecular weight excluding hydrogens is 294 g/mol. The SMILES string of the molecule is Cn1ccnc1[C@H](O)c1cc2n(n1)CCN(C1CCOCC1)C2. The van der Waals surface area contributed by atoms with E-state index in [9.17, 15) is 5.11 Å². The van der Waals surface area contributed by atoms with Crippen LogP contribution in [0.5, 0.6) is 0 Å². The van der Waals surface area contributed by atoms with Crippen molar-refractivity contribution in [3.63, 3.8) is 0 Å². The normalized spacial score (nSPS) is 21.3. The summed E-state index contributed by atoms with van der Waals surface area (Å²) in [6, 6.07) is 2.63. The Morgan fingerprint density at radius 2 is 2.13 bits per heavy atom. The fourth-order valence-electron chi connectivity index (χ4n) is 3.58. The monoisotopic (exact) mass is 317 g/mol. The van der Waals surface area contributed by atoms with E-state index in [1.807, 2.05) is 28.6 Å². The number of hydrogen-bond acceptors (Lipinski definition) is 5. The van der Waals surface area contributed by atoms with Gasteiger partial charge in [0.1, 0.15) is 5.82 Å². The van der Waals surface area contributed by atoms with Crippen molar-refractivity contribution >= 4 is 0 Å². The molecule has 0 bridgehead atoms. The minimum absolute atomic E-state index is 0.607. The third-order valence-electron chi connectivity index (χ3n) is 4.94. The van der Waals surface area contributed by atoms with E-state index in [2.05, 4.69) is 15.0 Å². The molecule has 0 radical (unpaired) electrons. The molecule has 0 amide bonds. The zero-order valence-corrected chi connectivity index (χ0v) is 13.4. The number of aryl methyl sites for hydroxylation is 1. The molecule has 0 aliphatic carbocycles. The van der Waals surface area contributed by atoms with Crippen molar-refractivity contribution in [1.29, 1.82) is 0 Å². The Morgan fingerprint density at radius 3 is 2.87 bits per heavy atom. The summed E-state index contributed by atoms with van der Waals surface area (Å²) in [5.41, 5.74) is 1.86. The molecule has 0 saturated carbocycles. The third-order valence-corrected chi connectivity index (χ3v) is 4.94. The third kappa shape index (κ3) is 2.80. The average Bonchev–Trinajstić information content (AvgIpc) is 3.20. The molecule has 0 aromatic carbocycles. The quantitative estimate of drug-likeness (QED) is 0.902. The second-order valence-electron chi connectivity index (χ2n) is 6.40.